The number of hydrogen-bond acceptors (Lipinski definition) is 4. The lowest BCUT2D eigenvalue weighted by Crippen LogP contribution is -2.13. The van der Waals surface area contributed by atoms with Crippen LogP contribution in [0.4, 0.5) is 11.6 Å². The van der Waals surface area contributed by atoms with Crippen molar-refractivity contribution in [3.63, 3.8) is 0 Å². The molecule has 1 fully saturated rings. The van der Waals surface area contributed by atoms with E-state index < -0.39 is 0 Å². The molecule has 1 aromatic heterocycles. The van der Waals surface area contributed by atoms with Crippen LogP contribution in [0.15, 0.2) is 18.2 Å². The fourth-order valence-corrected chi connectivity index (χ4v) is 2.49. The van der Waals surface area contributed by atoms with E-state index in [0.29, 0.717) is 5.82 Å². The monoisotopic (exact) mass is 234 g/mol. The van der Waals surface area contributed by atoms with Crippen molar-refractivity contribution in [1.29, 1.82) is 0 Å². The zero-order chi connectivity index (χ0) is 11.9. The molecular formula is C13H22N4. The molecule has 17 heavy (non-hydrogen) atoms. The first-order valence-electron chi connectivity index (χ1n) is 6.56. The third-order valence-corrected chi connectivity index (χ3v) is 3.48. The Kier molecular flexibility index (Phi) is 4.62. The molecule has 4 heteroatoms. The number of rotatable bonds is 5. The summed E-state index contributed by atoms with van der Waals surface area (Å²) in [6, 6.07) is 5.78. The van der Waals surface area contributed by atoms with Gasteiger partial charge in [0, 0.05) is 6.54 Å². The maximum Gasteiger partial charge on any atom is 0.142 e. The summed E-state index contributed by atoms with van der Waals surface area (Å²) in [5.74, 6) is 7.83. The molecule has 1 aliphatic carbocycles. The van der Waals surface area contributed by atoms with Gasteiger partial charge in [0.15, 0.2) is 0 Å². The van der Waals surface area contributed by atoms with Crippen LogP contribution in [-0.2, 0) is 0 Å². The van der Waals surface area contributed by atoms with Gasteiger partial charge in [0.05, 0.1) is 0 Å². The maximum atomic E-state index is 5.32. The predicted octanol–water partition coefficient (Wildman–Crippen LogP) is 2.75. The number of anilines is 2. The van der Waals surface area contributed by atoms with Gasteiger partial charge in [0.2, 0.25) is 0 Å². The van der Waals surface area contributed by atoms with Crippen molar-refractivity contribution in [2.24, 2.45) is 11.8 Å². The van der Waals surface area contributed by atoms with Crippen LogP contribution < -0.4 is 16.6 Å². The molecule has 0 aliphatic heterocycles. The summed E-state index contributed by atoms with van der Waals surface area (Å²) in [6.07, 6.45) is 8.31. The number of hydrogen-bond donors (Lipinski definition) is 3. The average Bonchev–Trinajstić information content (AvgIpc) is 2.40. The molecule has 4 N–H and O–H groups in total. The van der Waals surface area contributed by atoms with Gasteiger partial charge in [-0.25, -0.2) is 10.8 Å². The summed E-state index contributed by atoms with van der Waals surface area (Å²) >= 11 is 0. The van der Waals surface area contributed by atoms with E-state index in [1.54, 1.807) is 0 Å². The second-order valence-corrected chi connectivity index (χ2v) is 4.77. The van der Waals surface area contributed by atoms with Crippen molar-refractivity contribution in [2.45, 2.75) is 38.5 Å². The van der Waals surface area contributed by atoms with E-state index in [4.69, 9.17) is 5.84 Å². The molecule has 0 saturated heterocycles. The van der Waals surface area contributed by atoms with Gasteiger partial charge < -0.3 is 10.7 Å². The zero-order valence-corrected chi connectivity index (χ0v) is 10.3. The Labute approximate surface area is 103 Å². The summed E-state index contributed by atoms with van der Waals surface area (Å²) in [5, 5.41) is 3.36. The van der Waals surface area contributed by atoms with Gasteiger partial charge in [-0.15, -0.1) is 0 Å². The second-order valence-electron chi connectivity index (χ2n) is 4.77. The van der Waals surface area contributed by atoms with E-state index >= 15 is 0 Å². The highest BCUT2D eigenvalue weighted by atomic mass is 15.3. The lowest BCUT2D eigenvalue weighted by atomic mass is 9.87. The minimum Gasteiger partial charge on any atom is -0.370 e. The molecule has 0 aromatic carbocycles. The average molecular weight is 234 g/mol. The molecule has 1 saturated carbocycles. The zero-order valence-electron chi connectivity index (χ0n) is 10.3. The van der Waals surface area contributed by atoms with Crippen LogP contribution in [0.25, 0.3) is 0 Å². The van der Waals surface area contributed by atoms with Gasteiger partial charge in [0.25, 0.3) is 0 Å². The molecule has 94 valence electrons. The van der Waals surface area contributed by atoms with E-state index in [9.17, 15) is 0 Å². The van der Waals surface area contributed by atoms with Crippen LogP contribution >= 0.6 is 0 Å². The van der Waals surface area contributed by atoms with Gasteiger partial charge in [-0.3, -0.25) is 0 Å². The SMILES string of the molecule is NNc1cccc(NCCC2CCCCC2)n1. The van der Waals surface area contributed by atoms with E-state index in [-0.39, 0.29) is 0 Å². The first kappa shape index (κ1) is 12.2. The number of nitrogens with one attached hydrogen (secondary N) is 2. The van der Waals surface area contributed by atoms with Crippen LogP contribution in [0.2, 0.25) is 0 Å². The molecule has 0 spiro atoms. The van der Waals surface area contributed by atoms with Crippen LogP contribution in [0.3, 0.4) is 0 Å². The van der Waals surface area contributed by atoms with Crippen molar-refractivity contribution in [1.82, 2.24) is 4.98 Å². The Hall–Kier alpha value is -1.29. The van der Waals surface area contributed by atoms with E-state index in [0.717, 1.165) is 18.3 Å². The van der Waals surface area contributed by atoms with Gasteiger partial charge in [0.1, 0.15) is 11.6 Å². The molecule has 0 bridgehead atoms. The third kappa shape index (κ3) is 3.89. The maximum absolute atomic E-state index is 5.32. The highest BCUT2D eigenvalue weighted by Crippen LogP contribution is 2.26. The van der Waals surface area contributed by atoms with Crippen LogP contribution in [-0.4, -0.2) is 11.5 Å². The number of hydrazine groups is 1. The van der Waals surface area contributed by atoms with Crippen molar-refractivity contribution < 1.29 is 0 Å². The van der Waals surface area contributed by atoms with Crippen molar-refractivity contribution in [2.75, 3.05) is 17.3 Å². The predicted molar refractivity (Wildman–Crippen MR) is 71.7 cm³/mol. The van der Waals surface area contributed by atoms with Crippen LogP contribution in [0.1, 0.15) is 38.5 Å². The third-order valence-electron chi connectivity index (χ3n) is 3.48. The Morgan fingerprint density at radius 3 is 2.71 bits per heavy atom. The summed E-state index contributed by atoms with van der Waals surface area (Å²) < 4.78 is 0. The standard InChI is InChI=1S/C13H22N4/c14-17-13-8-4-7-12(16-13)15-10-9-11-5-2-1-3-6-11/h4,7-8,11H,1-3,5-6,9-10,14H2,(H2,15,16,17). The topological polar surface area (TPSA) is 63.0 Å². The summed E-state index contributed by atoms with van der Waals surface area (Å²) in [4.78, 5) is 4.33. The number of nitrogens with two attached hydrogens (primary N) is 1. The first-order valence-corrected chi connectivity index (χ1v) is 6.56. The lowest BCUT2D eigenvalue weighted by molar-refractivity contribution is 0.345. The largest absolute Gasteiger partial charge is 0.370 e. The molecule has 0 radical (unpaired) electrons. The lowest BCUT2D eigenvalue weighted by Gasteiger charge is -2.21. The number of nitrogen functional groups attached to an aromatic ring is 1. The normalized spacial score (nSPS) is 16.8. The fraction of sp³-hybridized carbons (Fsp3) is 0.615. The Balaban J connectivity index is 1.73. The number of aromatic nitrogens is 1. The quantitative estimate of drug-likeness (QED) is 0.541. The highest BCUT2D eigenvalue weighted by Gasteiger charge is 2.12. The van der Waals surface area contributed by atoms with Gasteiger partial charge in [-0.2, -0.15) is 0 Å². The van der Waals surface area contributed by atoms with Crippen LogP contribution in [0, 0.1) is 5.92 Å². The number of pyridine rings is 1. The van der Waals surface area contributed by atoms with Crippen molar-refractivity contribution in [3.05, 3.63) is 18.2 Å². The Morgan fingerprint density at radius 1 is 1.18 bits per heavy atom. The van der Waals surface area contributed by atoms with Crippen LogP contribution in [0.5, 0.6) is 0 Å². The molecule has 0 amide bonds. The fourth-order valence-electron chi connectivity index (χ4n) is 2.49. The second kappa shape index (κ2) is 6.45. The summed E-state index contributed by atoms with van der Waals surface area (Å²) in [5.41, 5.74) is 2.56. The summed E-state index contributed by atoms with van der Waals surface area (Å²) in [7, 11) is 0. The molecule has 0 unspecified atom stereocenters. The molecular weight excluding hydrogens is 212 g/mol. The molecule has 1 heterocycles. The highest BCUT2D eigenvalue weighted by molar-refractivity contribution is 5.44. The molecule has 1 aliphatic rings. The van der Waals surface area contributed by atoms with Gasteiger partial charge >= 0.3 is 0 Å². The molecule has 0 atom stereocenters. The smallest absolute Gasteiger partial charge is 0.142 e. The summed E-state index contributed by atoms with van der Waals surface area (Å²) in [6.45, 7) is 1.01. The minimum atomic E-state index is 0.702. The first-order chi connectivity index (χ1) is 8.38. The van der Waals surface area contributed by atoms with Gasteiger partial charge in [-0.05, 0) is 24.5 Å². The van der Waals surface area contributed by atoms with Crippen molar-refractivity contribution >= 4 is 11.6 Å². The minimum absolute atomic E-state index is 0.702. The Bertz CT molecular complexity index is 334. The van der Waals surface area contributed by atoms with E-state index in [1.165, 1.54) is 38.5 Å². The molecule has 1 aromatic rings. The molecule has 4 nitrogen and oxygen atoms in total. The Morgan fingerprint density at radius 2 is 1.94 bits per heavy atom. The van der Waals surface area contributed by atoms with E-state index in [1.807, 2.05) is 18.2 Å². The number of nitrogens with zero attached hydrogens (tertiary/aromatic N) is 1. The van der Waals surface area contributed by atoms with Gasteiger partial charge in [-0.1, -0.05) is 38.2 Å². The molecule has 2 rings (SSSR count). The van der Waals surface area contributed by atoms with Crippen molar-refractivity contribution in [3.8, 4) is 0 Å². The van der Waals surface area contributed by atoms with E-state index in [2.05, 4.69) is 15.7 Å².